The topological polar surface area (TPSA) is 88.6 Å². The molecule has 0 radical (unpaired) electrons. The number of nitrogens with zero attached hydrogens (tertiary/aromatic N) is 3. The Morgan fingerprint density at radius 2 is 2.17 bits per heavy atom. The van der Waals surface area contributed by atoms with Gasteiger partial charge in [-0.25, -0.2) is 14.4 Å². The highest BCUT2D eigenvalue weighted by atomic mass is 32.2. The minimum atomic E-state index is -0.277. The number of thioether (sulfide) groups is 1. The number of hydrogen-bond donors (Lipinski definition) is 2. The SMILES string of the molecule is CSc1cc(Nc2ncnc3cc(OC4CCOC4)c(NC(=O)/C=C/CN(C)C)cc23)ccc1F. The van der Waals surface area contributed by atoms with Crippen molar-refractivity contribution in [3.8, 4) is 5.75 Å². The van der Waals surface area contributed by atoms with Crippen molar-refractivity contribution in [3.05, 3.63) is 54.6 Å². The van der Waals surface area contributed by atoms with E-state index in [1.54, 1.807) is 30.3 Å². The number of likely N-dealkylation sites (N-methyl/N-ethyl adjacent to an activating group) is 1. The predicted molar refractivity (Wildman–Crippen MR) is 137 cm³/mol. The van der Waals surface area contributed by atoms with Crippen LogP contribution in [0.1, 0.15) is 6.42 Å². The normalized spacial score (nSPS) is 15.7. The van der Waals surface area contributed by atoms with E-state index in [9.17, 15) is 9.18 Å². The van der Waals surface area contributed by atoms with Gasteiger partial charge in [0.15, 0.2) is 0 Å². The quantitative estimate of drug-likeness (QED) is 0.331. The predicted octanol–water partition coefficient (Wildman–Crippen LogP) is 4.46. The molecule has 1 amide bonds. The van der Waals surface area contributed by atoms with E-state index in [0.717, 1.165) is 6.42 Å². The van der Waals surface area contributed by atoms with Gasteiger partial charge in [-0.05, 0) is 44.6 Å². The molecule has 1 fully saturated rings. The molecular weight excluding hydrogens is 469 g/mol. The van der Waals surface area contributed by atoms with Gasteiger partial charge in [0.1, 0.15) is 29.8 Å². The van der Waals surface area contributed by atoms with Gasteiger partial charge in [0.05, 0.1) is 24.4 Å². The zero-order valence-electron chi connectivity index (χ0n) is 19.9. The van der Waals surface area contributed by atoms with Gasteiger partial charge in [-0.3, -0.25) is 4.79 Å². The fraction of sp³-hybridized carbons (Fsp3) is 0.320. The monoisotopic (exact) mass is 497 g/mol. The average Bonchev–Trinajstić information content (AvgIpc) is 3.34. The van der Waals surface area contributed by atoms with Crippen molar-refractivity contribution in [2.45, 2.75) is 17.4 Å². The molecule has 2 aromatic carbocycles. The van der Waals surface area contributed by atoms with Crippen LogP contribution in [-0.2, 0) is 9.53 Å². The summed E-state index contributed by atoms with van der Waals surface area (Å²) in [7, 11) is 3.86. The lowest BCUT2D eigenvalue weighted by Gasteiger charge is -2.18. The summed E-state index contributed by atoms with van der Waals surface area (Å²) in [5, 5.41) is 6.85. The van der Waals surface area contributed by atoms with Crippen molar-refractivity contribution in [3.63, 3.8) is 0 Å². The summed E-state index contributed by atoms with van der Waals surface area (Å²) in [5.41, 5.74) is 1.84. The van der Waals surface area contributed by atoms with E-state index in [0.29, 0.717) is 58.5 Å². The first-order valence-electron chi connectivity index (χ1n) is 11.2. The van der Waals surface area contributed by atoms with E-state index in [1.165, 1.54) is 30.2 Å². The van der Waals surface area contributed by atoms with Gasteiger partial charge in [-0.15, -0.1) is 11.8 Å². The van der Waals surface area contributed by atoms with Gasteiger partial charge >= 0.3 is 0 Å². The number of carbonyl (C=O) groups is 1. The second kappa shape index (κ2) is 11.5. The summed E-state index contributed by atoms with van der Waals surface area (Å²) >= 11 is 1.33. The largest absolute Gasteiger partial charge is 0.486 e. The molecule has 2 N–H and O–H groups in total. The van der Waals surface area contributed by atoms with Crippen LogP contribution in [0, 0.1) is 5.82 Å². The maximum absolute atomic E-state index is 13.9. The maximum Gasteiger partial charge on any atom is 0.248 e. The lowest BCUT2D eigenvalue weighted by molar-refractivity contribution is -0.111. The van der Waals surface area contributed by atoms with Crippen LogP contribution in [0.3, 0.4) is 0 Å². The van der Waals surface area contributed by atoms with Crippen molar-refractivity contribution in [1.82, 2.24) is 14.9 Å². The number of rotatable bonds is 9. The molecule has 35 heavy (non-hydrogen) atoms. The molecule has 1 aliphatic heterocycles. The van der Waals surface area contributed by atoms with Crippen molar-refractivity contribution >= 4 is 45.8 Å². The van der Waals surface area contributed by atoms with Crippen LogP contribution in [0.5, 0.6) is 5.75 Å². The summed E-state index contributed by atoms with van der Waals surface area (Å²) in [6.07, 6.45) is 7.23. The molecule has 4 rings (SSSR count). The zero-order valence-corrected chi connectivity index (χ0v) is 20.7. The van der Waals surface area contributed by atoms with Crippen molar-refractivity contribution in [1.29, 1.82) is 0 Å². The van der Waals surface area contributed by atoms with E-state index in [2.05, 4.69) is 20.6 Å². The Labute approximate surface area is 207 Å². The summed E-state index contributed by atoms with van der Waals surface area (Å²) < 4.78 is 25.5. The molecule has 1 saturated heterocycles. The van der Waals surface area contributed by atoms with E-state index in [1.807, 2.05) is 25.3 Å². The third-order valence-electron chi connectivity index (χ3n) is 5.33. The highest BCUT2D eigenvalue weighted by Crippen LogP contribution is 2.35. The fourth-order valence-electron chi connectivity index (χ4n) is 3.58. The highest BCUT2D eigenvalue weighted by molar-refractivity contribution is 7.98. The molecule has 0 aliphatic carbocycles. The number of anilines is 3. The summed E-state index contributed by atoms with van der Waals surface area (Å²) in [6, 6.07) is 8.37. The van der Waals surface area contributed by atoms with Gasteiger partial charge in [0.25, 0.3) is 0 Å². The third-order valence-corrected chi connectivity index (χ3v) is 6.08. The number of nitrogens with one attached hydrogen (secondary N) is 2. The number of benzene rings is 2. The zero-order chi connectivity index (χ0) is 24.8. The second-order valence-electron chi connectivity index (χ2n) is 8.32. The van der Waals surface area contributed by atoms with Crippen LogP contribution in [-0.4, -0.2) is 67.0 Å². The van der Waals surface area contributed by atoms with Crippen LogP contribution in [0.25, 0.3) is 10.9 Å². The second-order valence-corrected chi connectivity index (χ2v) is 9.17. The molecule has 0 spiro atoms. The van der Waals surface area contributed by atoms with Gasteiger partial charge in [0, 0.05) is 41.1 Å². The van der Waals surface area contributed by atoms with Crippen molar-refractivity contribution in [2.24, 2.45) is 0 Å². The van der Waals surface area contributed by atoms with Crippen molar-refractivity contribution < 1.29 is 18.7 Å². The first kappa shape index (κ1) is 24.9. The molecule has 184 valence electrons. The molecule has 0 bridgehead atoms. The number of ether oxygens (including phenoxy) is 2. The molecular formula is C25H28FN5O3S. The minimum absolute atomic E-state index is 0.101. The first-order valence-corrected chi connectivity index (χ1v) is 12.4. The van der Waals surface area contributed by atoms with Gasteiger partial charge < -0.3 is 25.0 Å². The maximum atomic E-state index is 13.9. The van der Waals surface area contributed by atoms with Crippen molar-refractivity contribution in [2.75, 3.05) is 50.7 Å². The average molecular weight is 498 g/mol. The van der Waals surface area contributed by atoms with Crippen LogP contribution in [0.4, 0.5) is 21.6 Å². The number of carbonyl (C=O) groups excluding carboxylic acids is 1. The van der Waals surface area contributed by atoms with Crippen LogP contribution in [0.15, 0.2) is 53.7 Å². The summed E-state index contributed by atoms with van der Waals surface area (Å²) in [6.45, 7) is 1.78. The van der Waals surface area contributed by atoms with Gasteiger partial charge in [-0.1, -0.05) is 6.08 Å². The lowest BCUT2D eigenvalue weighted by atomic mass is 10.1. The third kappa shape index (κ3) is 6.47. The smallest absolute Gasteiger partial charge is 0.248 e. The van der Waals surface area contributed by atoms with E-state index < -0.39 is 0 Å². The number of aromatic nitrogens is 2. The molecule has 1 aromatic heterocycles. The Hall–Kier alpha value is -3.21. The van der Waals surface area contributed by atoms with Gasteiger partial charge in [0.2, 0.25) is 5.91 Å². The highest BCUT2D eigenvalue weighted by Gasteiger charge is 2.20. The molecule has 1 aliphatic rings. The Morgan fingerprint density at radius 1 is 1.31 bits per heavy atom. The fourth-order valence-corrected chi connectivity index (χ4v) is 4.09. The van der Waals surface area contributed by atoms with Crippen LogP contribution in [0.2, 0.25) is 0 Å². The lowest BCUT2D eigenvalue weighted by Crippen LogP contribution is -2.18. The van der Waals surface area contributed by atoms with E-state index in [-0.39, 0.29) is 17.8 Å². The Bertz CT molecular complexity index is 1230. The molecule has 2 heterocycles. The number of halogens is 1. The Morgan fingerprint density at radius 3 is 2.91 bits per heavy atom. The van der Waals surface area contributed by atoms with Crippen LogP contribution < -0.4 is 15.4 Å². The number of amides is 1. The molecule has 1 atom stereocenters. The summed E-state index contributed by atoms with van der Waals surface area (Å²) in [4.78, 5) is 23.9. The molecule has 0 saturated carbocycles. The van der Waals surface area contributed by atoms with E-state index in [4.69, 9.17) is 9.47 Å². The first-order chi connectivity index (χ1) is 16.9. The molecule has 8 nitrogen and oxygen atoms in total. The van der Waals surface area contributed by atoms with Crippen LogP contribution >= 0.6 is 11.8 Å². The molecule has 10 heteroatoms. The van der Waals surface area contributed by atoms with Gasteiger partial charge in [-0.2, -0.15) is 0 Å². The summed E-state index contributed by atoms with van der Waals surface area (Å²) in [5.74, 6) is 0.496. The minimum Gasteiger partial charge on any atom is -0.486 e. The number of hydrogen-bond acceptors (Lipinski definition) is 8. The Kier molecular flexibility index (Phi) is 8.17. The number of fused-ring (bicyclic) bond motifs is 1. The molecule has 3 aromatic rings. The standard InChI is InChI=1S/C25H28FN5O3S/c1-31(2)9-4-5-24(32)30-21-12-18-20(13-22(21)34-17-8-10-33-14-17)27-15-28-25(18)29-16-6-7-19(26)23(11-16)35-3/h4-7,11-13,15,17H,8-10,14H2,1-3H3,(H,30,32)(H,27,28,29)/b5-4+. The van der Waals surface area contributed by atoms with E-state index >= 15 is 0 Å². The molecule has 1 unspecified atom stereocenters. The Balaban J connectivity index is 1.68.